The molecule has 1 saturated heterocycles. The van der Waals surface area contributed by atoms with Gasteiger partial charge in [-0.15, -0.1) is 0 Å². The third-order valence-corrected chi connectivity index (χ3v) is 4.38. The fourth-order valence-corrected chi connectivity index (χ4v) is 3.27. The summed E-state index contributed by atoms with van der Waals surface area (Å²) in [4.78, 5) is 14.2. The molecule has 2 aliphatic rings. The Kier molecular flexibility index (Phi) is 5.04. The molecule has 3 nitrogen and oxygen atoms in total. The molecule has 3 heteroatoms. The number of rotatable bonds is 5. The van der Waals surface area contributed by atoms with Gasteiger partial charge in [0.05, 0.1) is 12.7 Å². The Hall–Kier alpha value is -0.570. The van der Waals surface area contributed by atoms with Gasteiger partial charge in [-0.05, 0) is 24.7 Å². The number of carbonyl (C=O) groups is 1. The zero-order valence-corrected chi connectivity index (χ0v) is 12.0. The molecule has 104 valence electrons. The second kappa shape index (κ2) is 6.55. The molecule has 1 aliphatic carbocycles. The summed E-state index contributed by atoms with van der Waals surface area (Å²) >= 11 is 0. The van der Waals surface area contributed by atoms with Crippen LogP contribution in [0.2, 0.25) is 0 Å². The van der Waals surface area contributed by atoms with Crippen molar-refractivity contribution in [1.82, 2.24) is 10.2 Å². The lowest BCUT2D eigenvalue weighted by molar-refractivity contribution is -0.129. The van der Waals surface area contributed by atoms with E-state index < -0.39 is 0 Å². The van der Waals surface area contributed by atoms with Crippen LogP contribution in [-0.2, 0) is 4.79 Å². The quantitative estimate of drug-likeness (QED) is 0.816. The van der Waals surface area contributed by atoms with E-state index in [2.05, 4.69) is 19.2 Å². The van der Waals surface area contributed by atoms with Crippen LogP contribution in [-0.4, -0.2) is 30.1 Å². The first-order valence-electron chi connectivity index (χ1n) is 7.69. The second-order valence-electron chi connectivity index (χ2n) is 6.44. The largest absolute Gasteiger partial charge is 0.329 e. The van der Waals surface area contributed by atoms with Gasteiger partial charge < -0.3 is 4.90 Å². The first kappa shape index (κ1) is 13.9. The van der Waals surface area contributed by atoms with E-state index in [1.807, 2.05) is 4.90 Å². The second-order valence-corrected chi connectivity index (χ2v) is 6.44. The van der Waals surface area contributed by atoms with Gasteiger partial charge in [0.2, 0.25) is 5.91 Å². The molecule has 0 aromatic carbocycles. The lowest BCUT2D eigenvalue weighted by atomic mass is 9.87. The summed E-state index contributed by atoms with van der Waals surface area (Å²) in [6.07, 6.45) is 9.15. The molecule has 0 radical (unpaired) electrons. The van der Waals surface area contributed by atoms with Gasteiger partial charge in [0, 0.05) is 6.54 Å². The fourth-order valence-electron chi connectivity index (χ4n) is 3.27. The summed E-state index contributed by atoms with van der Waals surface area (Å²) in [5.74, 6) is 1.79. The lowest BCUT2D eigenvalue weighted by Crippen LogP contribution is -2.32. The van der Waals surface area contributed by atoms with E-state index in [0.717, 1.165) is 25.6 Å². The maximum absolute atomic E-state index is 12.2. The van der Waals surface area contributed by atoms with Crippen LogP contribution in [0, 0.1) is 11.8 Å². The van der Waals surface area contributed by atoms with Crippen molar-refractivity contribution in [1.29, 1.82) is 0 Å². The molecule has 1 amide bonds. The molecule has 0 aromatic rings. The van der Waals surface area contributed by atoms with Gasteiger partial charge in [0.1, 0.15) is 0 Å². The highest BCUT2D eigenvalue weighted by molar-refractivity contribution is 5.83. The maximum atomic E-state index is 12.2. The predicted octanol–water partition coefficient (Wildman–Crippen LogP) is 2.76. The van der Waals surface area contributed by atoms with Crippen LogP contribution in [0.1, 0.15) is 58.8 Å². The minimum Gasteiger partial charge on any atom is -0.329 e. The number of hydrogen-bond acceptors (Lipinski definition) is 2. The van der Waals surface area contributed by atoms with Gasteiger partial charge >= 0.3 is 0 Å². The fraction of sp³-hybridized carbons (Fsp3) is 0.933. The highest BCUT2D eigenvalue weighted by atomic mass is 16.2. The molecule has 0 spiro atoms. The minimum atomic E-state index is 0.0800. The average Bonchev–Trinajstić information content (AvgIpc) is 2.69. The molecule has 1 N–H and O–H groups in total. The van der Waals surface area contributed by atoms with Crippen molar-refractivity contribution in [2.24, 2.45) is 11.8 Å². The van der Waals surface area contributed by atoms with Crippen LogP contribution >= 0.6 is 0 Å². The smallest absolute Gasteiger partial charge is 0.240 e. The van der Waals surface area contributed by atoms with Gasteiger partial charge in [-0.3, -0.25) is 10.1 Å². The summed E-state index contributed by atoms with van der Waals surface area (Å²) in [7, 11) is 0. The van der Waals surface area contributed by atoms with Crippen molar-refractivity contribution in [3.05, 3.63) is 0 Å². The zero-order chi connectivity index (χ0) is 13.0. The van der Waals surface area contributed by atoms with Crippen molar-refractivity contribution >= 4 is 5.91 Å². The third kappa shape index (κ3) is 3.71. The van der Waals surface area contributed by atoms with E-state index in [1.165, 1.54) is 38.5 Å². The summed E-state index contributed by atoms with van der Waals surface area (Å²) < 4.78 is 0. The van der Waals surface area contributed by atoms with Crippen molar-refractivity contribution < 1.29 is 4.79 Å². The molecule has 1 aliphatic heterocycles. The highest BCUT2D eigenvalue weighted by Crippen LogP contribution is 2.26. The van der Waals surface area contributed by atoms with E-state index in [-0.39, 0.29) is 6.04 Å². The van der Waals surface area contributed by atoms with Crippen LogP contribution in [0.15, 0.2) is 0 Å². The number of nitrogens with zero attached hydrogens (tertiary/aromatic N) is 1. The molecule has 2 fully saturated rings. The highest BCUT2D eigenvalue weighted by Gasteiger charge is 2.31. The first-order chi connectivity index (χ1) is 8.66. The predicted molar refractivity (Wildman–Crippen MR) is 74.2 cm³/mol. The molecule has 1 heterocycles. The normalized spacial score (nSPS) is 26.3. The van der Waals surface area contributed by atoms with E-state index in [1.54, 1.807) is 0 Å². The van der Waals surface area contributed by atoms with Crippen LogP contribution in [0.25, 0.3) is 0 Å². The first-order valence-corrected chi connectivity index (χ1v) is 7.69. The SMILES string of the molecule is CC(C)CC1NCN(CCC2CCCCC2)C1=O. The molecule has 0 bridgehead atoms. The zero-order valence-electron chi connectivity index (χ0n) is 12.0. The van der Waals surface area contributed by atoms with Crippen LogP contribution < -0.4 is 5.32 Å². The Labute approximate surface area is 111 Å². The van der Waals surface area contributed by atoms with Crippen LogP contribution in [0.5, 0.6) is 0 Å². The molecule has 1 saturated carbocycles. The number of carbonyl (C=O) groups excluding carboxylic acids is 1. The van der Waals surface area contributed by atoms with Crippen LogP contribution in [0.3, 0.4) is 0 Å². The third-order valence-electron chi connectivity index (χ3n) is 4.38. The molecule has 1 atom stereocenters. The molecular weight excluding hydrogens is 224 g/mol. The van der Waals surface area contributed by atoms with Gasteiger partial charge in [-0.25, -0.2) is 0 Å². The Morgan fingerprint density at radius 1 is 1.28 bits per heavy atom. The number of nitrogens with one attached hydrogen (secondary N) is 1. The van der Waals surface area contributed by atoms with Crippen molar-refractivity contribution in [3.8, 4) is 0 Å². The van der Waals surface area contributed by atoms with Crippen molar-refractivity contribution in [2.45, 2.75) is 64.8 Å². The molecule has 1 unspecified atom stereocenters. The van der Waals surface area contributed by atoms with Gasteiger partial charge in [-0.1, -0.05) is 46.0 Å². The van der Waals surface area contributed by atoms with Crippen molar-refractivity contribution in [2.75, 3.05) is 13.2 Å². The average molecular weight is 252 g/mol. The lowest BCUT2D eigenvalue weighted by Gasteiger charge is -2.24. The minimum absolute atomic E-state index is 0.0800. The summed E-state index contributed by atoms with van der Waals surface area (Å²) in [5, 5.41) is 3.35. The van der Waals surface area contributed by atoms with Gasteiger partial charge in [-0.2, -0.15) is 0 Å². The molecular formula is C15H28N2O. The Balaban J connectivity index is 1.72. The van der Waals surface area contributed by atoms with Gasteiger partial charge in [0.25, 0.3) is 0 Å². The topological polar surface area (TPSA) is 32.3 Å². The van der Waals surface area contributed by atoms with Gasteiger partial charge in [0.15, 0.2) is 0 Å². The molecule has 0 aromatic heterocycles. The summed E-state index contributed by atoms with van der Waals surface area (Å²) in [6, 6.07) is 0.0800. The van der Waals surface area contributed by atoms with E-state index in [9.17, 15) is 4.79 Å². The maximum Gasteiger partial charge on any atom is 0.240 e. The number of amides is 1. The van der Waals surface area contributed by atoms with E-state index >= 15 is 0 Å². The Morgan fingerprint density at radius 3 is 2.67 bits per heavy atom. The summed E-state index contributed by atoms with van der Waals surface area (Å²) in [6.45, 7) is 6.09. The molecule has 18 heavy (non-hydrogen) atoms. The van der Waals surface area contributed by atoms with E-state index in [0.29, 0.717) is 11.8 Å². The van der Waals surface area contributed by atoms with E-state index in [4.69, 9.17) is 0 Å². The molecule has 2 rings (SSSR count). The Bertz CT molecular complexity index is 272. The summed E-state index contributed by atoms with van der Waals surface area (Å²) in [5.41, 5.74) is 0. The number of hydrogen-bond donors (Lipinski definition) is 1. The Morgan fingerprint density at radius 2 is 2.00 bits per heavy atom. The van der Waals surface area contributed by atoms with Crippen LogP contribution in [0.4, 0.5) is 0 Å². The standard InChI is InChI=1S/C15H28N2O/c1-12(2)10-14-15(18)17(11-16-14)9-8-13-6-4-3-5-7-13/h12-14,16H,3-11H2,1-2H3. The van der Waals surface area contributed by atoms with Crippen molar-refractivity contribution in [3.63, 3.8) is 0 Å². The monoisotopic (exact) mass is 252 g/mol.